The Hall–Kier alpha value is -1.88. The van der Waals surface area contributed by atoms with E-state index in [1.54, 1.807) is 12.1 Å². The maximum absolute atomic E-state index is 11.1. The summed E-state index contributed by atoms with van der Waals surface area (Å²) in [6, 6.07) is 5.25. The van der Waals surface area contributed by atoms with Crippen molar-refractivity contribution in [2.75, 3.05) is 20.6 Å². The third kappa shape index (κ3) is 2.93. The van der Waals surface area contributed by atoms with E-state index in [4.69, 9.17) is 10.1 Å². The first-order chi connectivity index (χ1) is 10.1. The minimum Gasteiger partial charge on any atom is -0.478 e. The number of carboxylic acids is 1. The fraction of sp³-hybridized carbons (Fsp3) is 0.500. The van der Waals surface area contributed by atoms with E-state index in [1.807, 2.05) is 6.07 Å². The highest BCUT2D eigenvalue weighted by Gasteiger charge is 2.29. The van der Waals surface area contributed by atoms with Crippen LogP contribution in [0.4, 0.5) is 0 Å². The van der Waals surface area contributed by atoms with Crippen molar-refractivity contribution in [3.8, 4) is 0 Å². The van der Waals surface area contributed by atoms with E-state index in [-0.39, 0.29) is 0 Å². The number of aromatic carboxylic acids is 1. The maximum Gasteiger partial charge on any atom is 0.335 e. The lowest BCUT2D eigenvalue weighted by molar-refractivity contribution is 0.0697. The number of aryl methyl sites for hydroxylation is 1. The molecule has 5 nitrogen and oxygen atoms in total. The van der Waals surface area contributed by atoms with Crippen LogP contribution in [0.2, 0.25) is 0 Å². The first-order valence-corrected chi connectivity index (χ1v) is 7.44. The SMILES string of the molecule is CN(C)CCCn1c(C2CC2)nc2cc(C(=O)O)ccc21. The summed E-state index contributed by atoms with van der Waals surface area (Å²) in [5, 5.41) is 9.10. The van der Waals surface area contributed by atoms with Crippen LogP contribution in [0, 0.1) is 0 Å². The van der Waals surface area contributed by atoms with Gasteiger partial charge < -0.3 is 14.6 Å². The van der Waals surface area contributed by atoms with Crippen LogP contribution in [-0.4, -0.2) is 46.2 Å². The molecule has 0 amide bonds. The highest BCUT2D eigenvalue weighted by molar-refractivity contribution is 5.92. The lowest BCUT2D eigenvalue weighted by atomic mass is 10.2. The van der Waals surface area contributed by atoms with Crippen molar-refractivity contribution in [1.82, 2.24) is 14.5 Å². The molecule has 0 radical (unpaired) electrons. The molecule has 112 valence electrons. The molecule has 1 aliphatic rings. The smallest absolute Gasteiger partial charge is 0.335 e. The van der Waals surface area contributed by atoms with Gasteiger partial charge >= 0.3 is 5.97 Å². The fourth-order valence-corrected chi connectivity index (χ4v) is 2.71. The normalized spacial score (nSPS) is 15.0. The zero-order chi connectivity index (χ0) is 15.0. The lowest BCUT2D eigenvalue weighted by Crippen LogP contribution is -2.15. The Morgan fingerprint density at radius 1 is 1.43 bits per heavy atom. The Labute approximate surface area is 124 Å². The molecule has 3 rings (SSSR count). The number of rotatable bonds is 6. The molecule has 1 saturated carbocycles. The van der Waals surface area contributed by atoms with Gasteiger partial charge in [-0.1, -0.05) is 0 Å². The largest absolute Gasteiger partial charge is 0.478 e. The number of carboxylic acid groups (broad SMARTS) is 1. The molecule has 1 aromatic heterocycles. The summed E-state index contributed by atoms with van der Waals surface area (Å²) < 4.78 is 2.28. The number of nitrogens with zero attached hydrogens (tertiary/aromatic N) is 3. The second-order valence-electron chi connectivity index (χ2n) is 6.06. The highest BCUT2D eigenvalue weighted by atomic mass is 16.4. The van der Waals surface area contributed by atoms with Gasteiger partial charge in [-0.05, 0) is 58.1 Å². The van der Waals surface area contributed by atoms with Crippen molar-refractivity contribution in [3.63, 3.8) is 0 Å². The summed E-state index contributed by atoms with van der Waals surface area (Å²) >= 11 is 0. The molecule has 0 saturated heterocycles. The molecule has 1 N–H and O–H groups in total. The minimum atomic E-state index is -0.896. The molecule has 5 heteroatoms. The van der Waals surface area contributed by atoms with Crippen molar-refractivity contribution < 1.29 is 9.90 Å². The van der Waals surface area contributed by atoms with E-state index in [0.717, 1.165) is 36.4 Å². The number of hydrogen-bond donors (Lipinski definition) is 1. The van der Waals surface area contributed by atoms with Gasteiger partial charge in [0.2, 0.25) is 0 Å². The van der Waals surface area contributed by atoms with Crippen molar-refractivity contribution in [2.24, 2.45) is 0 Å². The van der Waals surface area contributed by atoms with Gasteiger partial charge in [0.1, 0.15) is 5.82 Å². The Morgan fingerprint density at radius 2 is 2.19 bits per heavy atom. The van der Waals surface area contributed by atoms with Gasteiger partial charge in [0.05, 0.1) is 16.6 Å². The molecule has 21 heavy (non-hydrogen) atoms. The Morgan fingerprint density at radius 3 is 2.81 bits per heavy atom. The molecule has 0 unspecified atom stereocenters. The van der Waals surface area contributed by atoms with E-state index in [9.17, 15) is 4.79 Å². The number of aromatic nitrogens is 2. The molecule has 0 aliphatic heterocycles. The zero-order valence-electron chi connectivity index (χ0n) is 12.5. The Bertz CT molecular complexity index is 671. The fourth-order valence-electron chi connectivity index (χ4n) is 2.71. The van der Waals surface area contributed by atoms with Gasteiger partial charge in [-0.15, -0.1) is 0 Å². The number of benzene rings is 1. The van der Waals surface area contributed by atoms with Crippen LogP contribution in [0.3, 0.4) is 0 Å². The van der Waals surface area contributed by atoms with Crippen molar-refractivity contribution in [2.45, 2.75) is 31.7 Å². The first kappa shape index (κ1) is 14.1. The third-order valence-corrected chi connectivity index (χ3v) is 3.95. The van der Waals surface area contributed by atoms with Crippen LogP contribution >= 0.6 is 0 Å². The first-order valence-electron chi connectivity index (χ1n) is 7.44. The van der Waals surface area contributed by atoms with Crippen LogP contribution in [-0.2, 0) is 6.54 Å². The number of imidazole rings is 1. The second-order valence-corrected chi connectivity index (χ2v) is 6.06. The zero-order valence-corrected chi connectivity index (χ0v) is 12.5. The maximum atomic E-state index is 11.1. The van der Waals surface area contributed by atoms with Gasteiger partial charge in [0, 0.05) is 12.5 Å². The molecular weight excluding hydrogens is 266 g/mol. The average Bonchev–Trinajstić information content (AvgIpc) is 3.21. The number of carbonyl (C=O) groups is 1. The van der Waals surface area contributed by atoms with Crippen LogP contribution in [0.25, 0.3) is 11.0 Å². The summed E-state index contributed by atoms with van der Waals surface area (Å²) in [5.74, 6) is 0.795. The van der Waals surface area contributed by atoms with E-state index in [2.05, 4.69) is 23.6 Å². The highest BCUT2D eigenvalue weighted by Crippen LogP contribution is 2.40. The van der Waals surface area contributed by atoms with Crippen molar-refractivity contribution in [1.29, 1.82) is 0 Å². The molecule has 0 atom stereocenters. The lowest BCUT2D eigenvalue weighted by Gasteiger charge is -2.12. The van der Waals surface area contributed by atoms with E-state index in [1.165, 1.54) is 12.8 Å². The molecule has 1 aliphatic carbocycles. The van der Waals surface area contributed by atoms with Crippen molar-refractivity contribution in [3.05, 3.63) is 29.6 Å². The monoisotopic (exact) mass is 287 g/mol. The van der Waals surface area contributed by atoms with Gasteiger partial charge in [-0.25, -0.2) is 9.78 Å². The molecule has 1 fully saturated rings. The van der Waals surface area contributed by atoms with Crippen LogP contribution in [0.15, 0.2) is 18.2 Å². The molecule has 1 aromatic carbocycles. The molecule has 2 aromatic rings. The summed E-state index contributed by atoms with van der Waals surface area (Å²) in [6.07, 6.45) is 3.46. The summed E-state index contributed by atoms with van der Waals surface area (Å²) in [6.45, 7) is 1.98. The van der Waals surface area contributed by atoms with Gasteiger partial charge in [0.25, 0.3) is 0 Å². The number of fused-ring (bicyclic) bond motifs is 1. The molecule has 1 heterocycles. The third-order valence-electron chi connectivity index (χ3n) is 3.95. The summed E-state index contributed by atoms with van der Waals surface area (Å²) in [4.78, 5) is 18.0. The van der Waals surface area contributed by atoms with E-state index < -0.39 is 5.97 Å². The quantitative estimate of drug-likeness (QED) is 0.887. The second kappa shape index (κ2) is 5.48. The Kier molecular flexibility index (Phi) is 3.68. The predicted octanol–water partition coefficient (Wildman–Crippen LogP) is 2.56. The van der Waals surface area contributed by atoms with Crippen LogP contribution in [0.1, 0.15) is 41.4 Å². The predicted molar refractivity (Wildman–Crippen MR) is 81.8 cm³/mol. The van der Waals surface area contributed by atoms with Crippen LogP contribution in [0.5, 0.6) is 0 Å². The standard InChI is InChI=1S/C16H21N3O2/c1-18(2)8-3-9-19-14-7-6-12(16(20)21)10-13(14)17-15(19)11-4-5-11/h6-7,10-11H,3-5,8-9H2,1-2H3,(H,20,21). The van der Waals surface area contributed by atoms with E-state index >= 15 is 0 Å². The Balaban J connectivity index is 1.95. The van der Waals surface area contributed by atoms with Crippen molar-refractivity contribution >= 4 is 17.0 Å². The van der Waals surface area contributed by atoms with Gasteiger partial charge in [-0.3, -0.25) is 0 Å². The summed E-state index contributed by atoms with van der Waals surface area (Å²) in [5.41, 5.74) is 2.17. The van der Waals surface area contributed by atoms with Gasteiger partial charge in [0.15, 0.2) is 0 Å². The molecule has 0 spiro atoms. The summed E-state index contributed by atoms with van der Waals surface area (Å²) in [7, 11) is 4.15. The molecule has 0 bridgehead atoms. The van der Waals surface area contributed by atoms with Crippen LogP contribution < -0.4 is 0 Å². The van der Waals surface area contributed by atoms with Gasteiger partial charge in [-0.2, -0.15) is 0 Å². The molecular formula is C16H21N3O2. The number of hydrogen-bond acceptors (Lipinski definition) is 3. The minimum absolute atomic E-state index is 0.308. The van der Waals surface area contributed by atoms with E-state index in [0.29, 0.717) is 11.5 Å². The average molecular weight is 287 g/mol. The topological polar surface area (TPSA) is 58.4 Å².